The van der Waals surface area contributed by atoms with Crippen molar-refractivity contribution in [2.75, 3.05) is 14.1 Å². The zero-order valence-corrected chi connectivity index (χ0v) is 14.3. The predicted molar refractivity (Wildman–Crippen MR) is 85.6 cm³/mol. The summed E-state index contributed by atoms with van der Waals surface area (Å²) in [4.78, 5) is 17.1. The van der Waals surface area contributed by atoms with Crippen molar-refractivity contribution in [3.63, 3.8) is 0 Å². The molecule has 0 saturated carbocycles. The lowest BCUT2D eigenvalue weighted by atomic mass is 10.2. The van der Waals surface area contributed by atoms with E-state index in [9.17, 15) is 4.79 Å². The van der Waals surface area contributed by atoms with Crippen LogP contribution in [0.4, 0.5) is 4.79 Å². The number of ether oxygens (including phenoxy) is 1. The number of hydrogen-bond acceptors (Lipinski definition) is 6. The number of rotatable bonds is 4. The third kappa shape index (κ3) is 4.47. The summed E-state index contributed by atoms with van der Waals surface area (Å²) in [6.45, 7) is 0.236. The standard InChI is InChI=1S/C12H11Cl2N3O2S2/c1-17(2)12(18)20-10-15-11(21-16-10)19-6-7-4-3-5-8(13)9(7)14/h3-5H,6H2,1-2H3. The molecule has 1 heterocycles. The van der Waals surface area contributed by atoms with Crippen LogP contribution in [0.3, 0.4) is 0 Å². The van der Waals surface area contributed by atoms with Gasteiger partial charge >= 0.3 is 0 Å². The summed E-state index contributed by atoms with van der Waals surface area (Å²) < 4.78 is 9.57. The van der Waals surface area contributed by atoms with Crippen molar-refractivity contribution < 1.29 is 9.53 Å². The Morgan fingerprint density at radius 3 is 2.90 bits per heavy atom. The molecule has 0 fully saturated rings. The molecule has 112 valence electrons. The number of benzene rings is 1. The first-order chi connectivity index (χ1) is 9.97. The number of hydrogen-bond donors (Lipinski definition) is 0. The van der Waals surface area contributed by atoms with Gasteiger partial charge in [0, 0.05) is 43.0 Å². The first kappa shape index (κ1) is 16.4. The molecule has 0 aliphatic heterocycles. The topological polar surface area (TPSA) is 55.3 Å². The second-order valence-electron chi connectivity index (χ2n) is 4.11. The monoisotopic (exact) mass is 363 g/mol. The predicted octanol–water partition coefficient (Wildman–Crippen LogP) is 4.20. The molecular formula is C12H11Cl2N3O2S2. The van der Waals surface area contributed by atoms with Crippen molar-refractivity contribution in [1.82, 2.24) is 14.3 Å². The van der Waals surface area contributed by atoms with Crippen molar-refractivity contribution >= 4 is 51.7 Å². The molecule has 0 aliphatic carbocycles. The summed E-state index contributed by atoms with van der Waals surface area (Å²) in [6, 6.07) is 5.32. The average molecular weight is 364 g/mol. The van der Waals surface area contributed by atoms with Gasteiger partial charge < -0.3 is 9.64 Å². The molecule has 0 atom stereocenters. The van der Waals surface area contributed by atoms with Gasteiger partial charge in [-0.3, -0.25) is 4.79 Å². The lowest BCUT2D eigenvalue weighted by molar-refractivity contribution is 0.241. The zero-order valence-electron chi connectivity index (χ0n) is 11.2. The fourth-order valence-corrected chi connectivity index (χ4v) is 2.86. The molecule has 2 aromatic rings. The molecule has 0 radical (unpaired) electrons. The summed E-state index contributed by atoms with van der Waals surface area (Å²) in [7, 11) is 3.33. The van der Waals surface area contributed by atoms with Gasteiger partial charge in [0.05, 0.1) is 10.0 Å². The highest BCUT2D eigenvalue weighted by Gasteiger charge is 2.13. The Labute approximate surface area is 140 Å². The fraction of sp³-hybridized carbons (Fsp3) is 0.250. The molecule has 1 aromatic carbocycles. The third-order valence-electron chi connectivity index (χ3n) is 2.32. The van der Waals surface area contributed by atoms with Crippen LogP contribution in [0.1, 0.15) is 5.56 Å². The van der Waals surface area contributed by atoms with Gasteiger partial charge in [-0.1, -0.05) is 35.3 Å². The van der Waals surface area contributed by atoms with E-state index >= 15 is 0 Å². The zero-order chi connectivity index (χ0) is 15.4. The minimum absolute atomic E-state index is 0.141. The maximum absolute atomic E-state index is 11.5. The smallest absolute Gasteiger partial charge is 0.294 e. The van der Waals surface area contributed by atoms with E-state index < -0.39 is 0 Å². The molecule has 0 bridgehead atoms. The lowest BCUT2D eigenvalue weighted by Gasteiger charge is -2.06. The van der Waals surface area contributed by atoms with Gasteiger partial charge in [-0.05, 0) is 6.07 Å². The number of amides is 1. The highest BCUT2D eigenvalue weighted by Crippen LogP contribution is 2.28. The molecule has 0 aliphatic rings. The number of thioether (sulfide) groups is 1. The van der Waals surface area contributed by atoms with Gasteiger partial charge in [0.2, 0.25) is 5.16 Å². The Hall–Kier alpha value is -1.02. The average Bonchev–Trinajstić information content (AvgIpc) is 2.88. The van der Waals surface area contributed by atoms with Crippen LogP contribution in [0.5, 0.6) is 5.19 Å². The van der Waals surface area contributed by atoms with Crippen LogP contribution < -0.4 is 4.74 Å². The van der Waals surface area contributed by atoms with Crippen molar-refractivity contribution in [2.24, 2.45) is 0 Å². The second kappa shape index (κ2) is 7.31. The molecule has 5 nitrogen and oxygen atoms in total. The lowest BCUT2D eigenvalue weighted by Crippen LogP contribution is -2.16. The van der Waals surface area contributed by atoms with Gasteiger partial charge in [0.1, 0.15) is 6.61 Å². The Balaban J connectivity index is 1.97. The van der Waals surface area contributed by atoms with Gasteiger partial charge in [0.25, 0.3) is 10.4 Å². The second-order valence-corrected chi connectivity index (χ2v) is 6.52. The molecule has 0 saturated heterocycles. The largest absolute Gasteiger partial charge is 0.464 e. The van der Waals surface area contributed by atoms with Crippen molar-refractivity contribution in [1.29, 1.82) is 0 Å². The Bertz CT molecular complexity index is 649. The first-order valence-corrected chi connectivity index (χ1v) is 8.10. The van der Waals surface area contributed by atoms with E-state index in [0.29, 0.717) is 20.4 Å². The molecule has 0 N–H and O–H groups in total. The third-order valence-corrected chi connectivity index (χ3v) is 4.82. The summed E-state index contributed by atoms with van der Waals surface area (Å²) in [6.07, 6.45) is 0. The highest BCUT2D eigenvalue weighted by atomic mass is 35.5. The van der Waals surface area contributed by atoms with Crippen molar-refractivity contribution in [3.05, 3.63) is 33.8 Å². The van der Waals surface area contributed by atoms with Crippen LogP contribution >= 0.6 is 46.5 Å². The Morgan fingerprint density at radius 2 is 2.19 bits per heavy atom. The molecular weight excluding hydrogens is 353 g/mol. The molecule has 1 aromatic heterocycles. The molecule has 21 heavy (non-hydrogen) atoms. The van der Waals surface area contributed by atoms with Gasteiger partial charge in [-0.15, -0.1) is 0 Å². The van der Waals surface area contributed by atoms with Crippen molar-refractivity contribution in [2.45, 2.75) is 11.8 Å². The minimum Gasteiger partial charge on any atom is -0.464 e. The van der Waals surface area contributed by atoms with Crippen molar-refractivity contribution in [3.8, 4) is 5.19 Å². The van der Waals surface area contributed by atoms with E-state index in [4.69, 9.17) is 27.9 Å². The van der Waals surface area contributed by atoms with Crippen LogP contribution in [-0.4, -0.2) is 33.6 Å². The van der Waals surface area contributed by atoms with Crippen LogP contribution in [0.2, 0.25) is 10.0 Å². The summed E-state index contributed by atoms with van der Waals surface area (Å²) >= 11 is 14.0. The molecule has 0 spiro atoms. The molecule has 2 rings (SSSR count). The SMILES string of the molecule is CN(C)C(=O)Sc1nsc(OCc2cccc(Cl)c2Cl)n1. The number of carbonyl (C=O) groups is 1. The maximum atomic E-state index is 11.5. The van der Waals surface area contributed by atoms with Crippen LogP contribution in [0, 0.1) is 0 Å². The van der Waals surface area contributed by atoms with E-state index in [1.807, 2.05) is 6.07 Å². The van der Waals surface area contributed by atoms with E-state index in [-0.39, 0.29) is 11.8 Å². The number of carbonyl (C=O) groups excluding carboxylic acids is 1. The van der Waals surface area contributed by atoms with Crippen LogP contribution in [0.15, 0.2) is 23.4 Å². The maximum Gasteiger partial charge on any atom is 0.294 e. The number of nitrogens with zero attached hydrogens (tertiary/aromatic N) is 3. The summed E-state index contributed by atoms with van der Waals surface area (Å²) in [5.74, 6) is 0. The molecule has 0 unspecified atom stereocenters. The quantitative estimate of drug-likeness (QED) is 0.761. The highest BCUT2D eigenvalue weighted by molar-refractivity contribution is 8.13. The van der Waals surface area contributed by atoms with E-state index in [0.717, 1.165) is 28.9 Å². The molecule has 9 heteroatoms. The molecule has 1 amide bonds. The van der Waals surface area contributed by atoms with Crippen LogP contribution in [-0.2, 0) is 6.61 Å². The fourth-order valence-electron chi connectivity index (χ4n) is 1.27. The number of aromatic nitrogens is 2. The normalized spacial score (nSPS) is 10.5. The van der Waals surface area contributed by atoms with E-state index in [2.05, 4.69) is 9.36 Å². The van der Waals surface area contributed by atoms with Gasteiger partial charge in [-0.25, -0.2) is 0 Å². The van der Waals surface area contributed by atoms with Crippen LogP contribution in [0.25, 0.3) is 0 Å². The Morgan fingerprint density at radius 1 is 1.43 bits per heavy atom. The van der Waals surface area contributed by atoms with E-state index in [1.54, 1.807) is 26.2 Å². The number of halogens is 2. The summed E-state index contributed by atoms with van der Waals surface area (Å²) in [5.41, 5.74) is 0.762. The Kier molecular flexibility index (Phi) is 5.69. The first-order valence-electron chi connectivity index (χ1n) is 5.76. The minimum atomic E-state index is -0.141. The van der Waals surface area contributed by atoms with Gasteiger partial charge in [0.15, 0.2) is 0 Å². The van der Waals surface area contributed by atoms with E-state index in [1.165, 1.54) is 4.90 Å². The van der Waals surface area contributed by atoms with Gasteiger partial charge in [-0.2, -0.15) is 9.36 Å². The summed E-state index contributed by atoms with van der Waals surface area (Å²) in [5, 5.41) is 1.53.